The quantitative estimate of drug-likeness (QED) is 0.126. The first kappa shape index (κ1) is 39.5. The number of halogens is 6. The van der Waals surface area contributed by atoms with E-state index in [-0.39, 0.29) is 17.3 Å². The Kier molecular flexibility index (Phi) is 9.14. The third-order valence-electron chi connectivity index (χ3n) is 11.6. The van der Waals surface area contributed by atoms with Gasteiger partial charge < -0.3 is 9.13 Å². The summed E-state index contributed by atoms with van der Waals surface area (Å²) in [6, 6.07) is 47.9. The Morgan fingerprint density at radius 2 is 1.00 bits per heavy atom. The van der Waals surface area contributed by atoms with Gasteiger partial charge in [0, 0.05) is 21.5 Å². The molecule has 0 bridgehead atoms. The molecular formula is C53H27F6N5. The minimum atomic E-state index is -5.21. The molecule has 8 aromatic carbocycles. The lowest BCUT2D eigenvalue weighted by Crippen LogP contribution is -2.12. The van der Waals surface area contributed by atoms with Gasteiger partial charge in [-0.15, -0.1) is 0 Å². The van der Waals surface area contributed by atoms with Crippen molar-refractivity contribution in [2.75, 3.05) is 0 Å². The van der Waals surface area contributed by atoms with Crippen LogP contribution in [0.3, 0.4) is 0 Å². The maximum absolute atomic E-state index is 14.9. The van der Waals surface area contributed by atoms with Crippen molar-refractivity contribution in [2.45, 2.75) is 12.4 Å². The highest BCUT2D eigenvalue weighted by Crippen LogP contribution is 2.48. The van der Waals surface area contributed by atoms with Gasteiger partial charge in [-0.05, 0) is 112 Å². The molecule has 5 nitrogen and oxygen atoms in total. The molecule has 0 saturated carbocycles. The molecule has 0 N–H and O–H groups in total. The van der Waals surface area contributed by atoms with Crippen LogP contribution in [0.5, 0.6) is 0 Å². The third kappa shape index (κ3) is 6.48. The molecule has 0 atom stereocenters. The van der Waals surface area contributed by atoms with Crippen LogP contribution < -0.4 is 0 Å². The van der Waals surface area contributed by atoms with Gasteiger partial charge in [0.1, 0.15) is 0 Å². The summed E-state index contributed by atoms with van der Waals surface area (Å²) in [4.78, 5) is 7.33. The van der Waals surface area contributed by atoms with Gasteiger partial charge in [-0.1, -0.05) is 84.9 Å². The van der Waals surface area contributed by atoms with Crippen molar-refractivity contribution in [3.05, 3.63) is 203 Å². The number of benzene rings is 8. The number of aromatic nitrogens is 2. The molecule has 2 heterocycles. The van der Waals surface area contributed by atoms with E-state index >= 15 is 0 Å². The standard InChI is InChI=1S/C53H27F6N5/c1-61-37-12-8-11-33(24-37)35-18-22-48-43(26-35)39-13-3-5-15-46(39)63(48)50-28-41(38-20-19-36(52(54,55)56)27-44(38)53(57,58)59)45(62-2)29-51(50)64-47-16-6-4-14-40(47)42-25-34(17-21-49(42)64)32-10-7-9-31(23-32)30-60/h3-29H. The number of nitriles is 1. The van der Waals surface area contributed by atoms with Crippen LogP contribution in [0, 0.1) is 24.5 Å². The summed E-state index contributed by atoms with van der Waals surface area (Å²) in [5.74, 6) is 0. The molecule has 0 aliphatic carbocycles. The van der Waals surface area contributed by atoms with Crippen molar-refractivity contribution in [3.63, 3.8) is 0 Å². The second-order valence-corrected chi connectivity index (χ2v) is 15.2. The zero-order valence-corrected chi connectivity index (χ0v) is 33.1. The fourth-order valence-corrected chi connectivity index (χ4v) is 8.77. The van der Waals surface area contributed by atoms with E-state index in [2.05, 4.69) is 15.8 Å². The van der Waals surface area contributed by atoms with E-state index in [9.17, 15) is 31.6 Å². The number of hydrogen-bond donors (Lipinski definition) is 0. The number of rotatable bonds is 5. The smallest absolute Gasteiger partial charge is 0.308 e. The number of nitrogens with zero attached hydrogens (tertiary/aromatic N) is 5. The molecule has 306 valence electrons. The zero-order chi connectivity index (χ0) is 44.5. The van der Waals surface area contributed by atoms with Gasteiger partial charge in [0.25, 0.3) is 0 Å². The first-order valence-corrected chi connectivity index (χ1v) is 19.8. The molecule has 2 aromatic heterocycles. The number of para-hydroxylation sites is 2. The van der Waals surface area contributed by atoms with E-state index in [1.54, 1.807) is 36.4 Å². The summed E-state index contributed by atoms with van der Waals surface area (Å²) in [6.07, 6.45) is -10.3. The Hall–Kier alpha value is -8.59. The minimum absolute atomic E-state index is 0.0957. The molecular weight excluding hydrogens is 821 g/mol. The molecule has 0 radical (unpaired) electrons. The molecule has 11 heteroatoms. The van der Waals surface area contributed by atoms with Gasteiger partial charge in [-0.25, -0.2) is 9.69 Å². The highest BCUT2D eigenvalue weighted by Gasteiger charge is 2.39. The van der Waals surface area contributed by atoms with E-state index < -0.39 is 29.0 Å². The maximum Gasteiger partial charge on any atom is 0.416 e. The average Bonchev–Trinajstić information content (AvgIpc) is 3.82. The normalized spacial score (nSPS) is 11.9. The van der Waals surface area contributed by atoms with Crippen molar-refractivity contribution >= 4 is 55.0 Å². The van der Waals surface area contributed by atoms with Crippen molar-refractivity contribution in [1.29, 1.82) is 5.26 Å². The first-order valence-electron chi connectivity index (χ1n) is 19.8. The molecule has 0 saturated heterocycles. The lowest BCUT2D eigenvalue weighted by atomic mass is 9.94. The largest absolute Gasteiger partial charge is 0.416 e. The number of alkyl halides is 6. The molecule has 0 fully saturated rings. The molecule has 0 unspecified atom stereocenters. The van der Waals surface area contributed by atoms with Crippen LogP contribution in [-0.4, -0.2) is 9.13 Å². The summed E-state index contributed by atoms with van der Waals surface area (Å²) < 4.78 is 90.4. The monoisotopic (exact) mass is 847 g/mol. The van der Waals surface area contributed by atoms with Crippen molar-refractivity contribution in [1.82, 2.24) is 9.13 Å². The Morgan fingerprint density at radius 1 is 0.453 bits per heavy atom. The Bertz CT molecular complexity index is 3700. The Balaban J connectivity index is 1.32. The highest BCUT2D eigenvalue weighted by atomic mass is 19.4. The first-order chi connectivity index (χ1) is 30.9. The second-order valence-electron chi connectivity index (χ2n) is 15.2. The average molecular weight is 848 g/mol. The van der Waals surface area contributed by atoms with Crippen LogP contribution in [0.25, 0.3) is 98.1 Å². The van der Waals surface area contributed by atoms with Gasteiger partial charge >= 0.3 is 12.4 Å². The van der Waals surface area contributed by atoms with Crippen molar-refractivity contribution in [3.8, 4) is 50.8 Å². The molecule has 0 aliphatic rings. The summed E-state index contributed by atoms with van der Waals surface area (Å²) in [5, 5.41) is 12.9. The second kappa shape index (κ2) is 14.8. The molecule has 0 spiro atoms. The van der Waals surface area contributed by atoms with E-state index in [1.807, 2.05) is 106 Å². The van der Waals surface area contributed by atoms with Gasteiger partial charge in [0.2, 0.25) is 0 Å². The predicted octanol–water partition coefficient (Wildman–Crippen LogP) is 15.9. The SMILES string of the molecule is [C-]#[N+]c1cccc(-c2ccc3c(c2)c2ccccc2n3-c2cc(-c3ccc(C(F)(F)F)cc3C(F)(F)F)c([N+]#[C-])cc2-n2c3ccccc3c3cc(-c4cccc(C#N)c4)ccc32)c1. The molecule has 0 aliphatic heterocycles. The summed E-state index contributed by atoms with van der Waals surface area (Å²) in [7, 11) is 0. The zero-order valence-electron chi connectivity index (χ0n) is 33.1. The number of hydrogen-bond acceptors (Lipinski definition) is 1. The van der Waals surface area contributed by atoms with E-state index in [4.69, 9.17) is 13.1 Å². The lowest BCUT2D eigenvalue weighted by Gasteiger charge is -2.21. The van der Waals surface area contributed by atoms with Crippen molar-refractivity contribution < 1.29 is 26.3 Å². The van der Waals surface area contributed by atoms with Crippen LogP contribution in [-0.2, 0) is 12.4 Å². The fourth-order valence-electron chi connectivity index (χ4n) is 8.77. The van der Waals surface area contributed by atoms with E-state index in [0.29, 0.717) is 45.2 Å². The van der Waals surface area contributed by atoms with Gasteiger partial charge in [0.05, 0.1) is 69.3 Å². The molecule has 10 aromatic rings. The van der Waals surface area contributed by atoms with E-state index in [0.717, 1.165) is 55.4 Å². The van der Waals surface area contributed by atoms with Crippen LogP contribution in [0.1, 0.15) is 16.7 Å². The lowest BCUT2D eigenvalue weighted by molar-refractivity contribution is -0.142. The molecule has 64 heavy (non-hydrogen) atoms. The van der Waals surface area contributed by atoms with Crippen molar-refractivity contribution in [2.24, 2.45) is 0 Å². The number of fused-ring (bicyclic) bond motifs is 6. The van der Waals surface area contributed by atoms with Gasteiger partial charge in [-0.2, -0.15) is 31.6 Å². The summed E-state index contributed by atoms with van der Waals surface area (Å²) >= 11 is 0. The molecule has 0 amide bonds. The third-order valence-corrected chi connectivity index (χ3v) is 11.6. The predicted molar refractivity (Wildman–Crippen MR) is 239 cm³/mol. The maximum atomic E-state index is 14.9. The van der Waals surface area contributed by atoms with Gasteiger partial charge in [0.15, 0.2) is 11.4 Å². The van der Waals surface area contributed by atoms with E-state index in [1.165, 1.54) is 12.1 Å². The van der Waals surface area contributed by atoms with Crippen LogP contribution in [0.4, 0.5) is 37.7 Å². The summed E-state index contributed by atoms with van der Waals surface area (Å²) in [5.41, 5.74) is 3.84. The highest BCUT2D eigenvalue weighted by molar-refractivity contribution is 6.13. The fraction of sp³-hybridized carbons (Fsp3) is 0.0377. The van der Waals surface area contributed by atoms with Crippen LogP contribution in [0.15, 0.2) is 164 Å². The van der Waals surface area contributed by atoms with Gasteiger partial charge in [-0.3, -0.25) is 0 Å². The summed E-state index contributed by atoms with van der Waals surface area (Å²) in [6.45, 7) is 15.9. The Labute approximate surface area is 361 Å². The molecule has 10 rings (SSSR count). The topological polar surface area (TPSA) is 42.4 Å². The van der Waals surface area contributed by atoms with Crippen LogP contribution >= 0.6 is 0 Å². The minimum Gasteiger partial charge on any atom is -0.308 e. The van der Waals surface area contributed by atoms with Crippen LogP contribution in [0.2, 0.25) is 0 Å². The Morgan fingerprint density at radius 3 is 1.56 bits per heavy atom.